The van der Waals surface area contributed by atoms with Crippen LogP contribution in [0.25, 0.3) is 10.9 Å². The molecule has 0 fully saturated rings. The van der Waals surface area contributed by atoms with Crippen molar-refractivity contribution in [3.8, 4) is 0 Å². The zero-order valence-electron chi connectivity index (χ0n) is 10.7. The molecule has 1 aromatic heterocycles. The maximum Gasteiger partial charge on any atom is 0.0812 e. The van der Waals surface area contributed by atoms with Gasteiger partial charge in [-0.05, 0) is 30.2 Å². The molecule has 1 heterocycles. The molecule has 1 N–H and O–H groups in total. The summed E-state index contributed by atoms with van der Waals surface area (Å²) in [6.07, 6.45) is 2.95. The molecule has 0 saturated carbocycles. The molecule has 0 bridgehead atoms. The van der Waals surface area contributed by atoms with Crippen LogP contribution in [0.15, 0.2) is 36.5 Å². The van der Waals surface area contributed by atoms with Gasteiger partial charge in [0.25, 0.3) is 0 Å². The molecule has 3 heteroatoms. The Labute approximate surface area is 107 Å². The summed E-state index contributed by atoms with van der Waals surface area (Å²) in [5, 5.41) is 11.1. The molecular formula is C15H19NO2. The van der Waals surface area contributed by atoms with E-state index in [1.807, 2.05) is 30.3 Å². The van der Waals surface area contributed by atoms with Crippen LogP contribution in [0.5, 0.6) is 0 Å². The van der Waals surface area contributed by atoms with Crippen LogP contribution in [-0.2, 0) is 4.74 Å². The molecule has 1 atom stereocenters. The molecule has 2 aromatic rings. The predicted octanol–water partition coefficient (Wildman–Crippen LogP) is 3.08. The van der Waals surface area contributed by atoms with Crippen LogP contribution in [0.3, 0.4) is 0 Å². The Kier molecular flexibility index (Phi) is 4.67. The molecule has 0 spiro atoms. The van der Waals surface area contributed by atoms with Gasteiger partial charge < -0.3 is 9.84 Å². The summed E-state index contributed by atoms with van der Waals surface area (Å²) >= 11 is 0. The minimum atomic E-state index is -0.466. The Hall–Kier alpha value is -1.45. The molecule has 1 aromatic carbocycles. The number of fused-ring (bicyclic) bond motifs is 1. The lowest BCUT2D eigenvalue weighted by atomic mass is 10.0. The highest BCUT2D eigenvalue weighted by molar-refractivity contribution is 5.78. The quantitative estimate of drug-likeness (QED) is 0.795. The van der Waals surface area contributed by atoms with Gasteiger partial charge in [-0.25, -0.2) is 0 Å². The third-order valence-electron chi connectivity index (χ3n) is 2.90. The van der Waals surface area contributed by atoms with Gasteiger partial charge in [-0.2, -0.15) is 0 Å². The first-order valence-corrected chi connectivity index (χ1v) is 6.41. The van der Waals surface area contributed by atoms with Crippen molar-refractivity contribution in [2.45, 2.75) is 25.9 Å². The van der Waals surface area contributed by atoms with Crippen LogP contribution in [0.1, 0.15) is 31.4 Å². The number of benzene rings is 1. The zero-order valence-corrected chi connectivity index (χ0v) is 10.7. The van der Waals surface area contributed by atoms with Gasteiger partial charge in [0.2, 0.25) is 0 Å². The molecule has 0 amide bonds. The lowest BCUT2D eigenvalue weighted by Crippen LogP contribution is -2.04. The maximum absolute atomic E-state index is 10.1. The van der Waals surface area contributed by atoms with Crippen molar-refractivity contribution in [1.29, 1.82) is 0 Å². The van der Waals surface area contributed by atoms with Crippen LogP contribution in [-0.4, -0.2) is 23.3 Å². The Morgan fingerprint density at radius 2 is 2.17 bits per heavy atom. The number of aliphatic hydroxyl groups excluding tert-OH is 1. The summed E-state index contributed by atoms with van der Waals surface area (Å²) < 4.78 is 5.39. The Balaban J connectivity index is 2.01. The van der Waals surface area contributed by atoms with Gasteiger partial charge in [0.15, 0.2) is 0 Å². The number of rotatable bonds is 6. The van der Waals surface area contributed by atoms with E-state index in [4.69, 9.17) is 4.74 Å². The van der Waals surface area contributed by atoms with Crippen molar-refractivity contribution in [2.24, 2.45) is 0 Å². The summed E-state index contributed by atoms with van der Waals surface area (Å²) in [7, 11) is 0. The maximum atomic E-state index is 10.1. The van der Waals surface area contributed by atoms with E-state index in [0.717, 1.165) is 29.5 Å². The summed E-state index contributed by atoms with van der Waals surface area (Å²) in [6, 6.07) is 9.78. The van der Waals surface area contributed by atoms with E-state index in [0.29, 0.717) is 13.0 Å². The van der Waals surface area contributed by atoms with Crippen molar-refractivity contribution in [1.82, 2.24) is 4.98 Å². The van der Waals surface area contributed by atoms with Gasteiger partial charge in [0.05, 0.1) is 11.6 Å². The minimum absolute atomic E-state index is 0.466. The molecule has 0 radical (unpaired) electrons. The molecule has 1 unspecified atom stereocenters. The van der Waals surface area contributed by atoms with Crippen LogP contribution >= 0.6 is 0 Å². The van der Waals surface area contributed by atoms with Crippen molar-refractivity contribution in [2.75, 3.05) is 13.2 Å². The smallest absolute Gasteiger partial charge is 0.0812 e. The van der Waals surface area contributed by atoms with Gasteiger partial charge in [0, 0.05) is 31.2 Å². The first-order valence-electron chi connectivity index (χ1n) is 6.41. The standard InChI is InChI=1S/C15H19NO2/c1-2-9-18-10-7-15(17)13-5-6-14-12(11-13)4-3-8-16-14/h3-6,8,11,15,17H,2,7,9-10H2,1H3. The second-order valence-electron chi connectivity index (χ2n) is 4.37. The third-order valence-corrected chi connectivity index (χ3v) is 2.90. The average molecular weight is 245 g/mol. The van der Waals surface area contributed by atoms with Gasteiger partial charge >= 0.3 is 0 Å². The molecule has 0 saturated heterocycles. The fraction of sp³-hybridized carbons (Fsp3) is 0.400. The number of nitrogens with zero attached hydrogens (tertiary/aromatic N) is 1. The van der Waals surface area contributed by atoms with E-state index in [1.165, 1.54) is 0 Å². The number of aromatic nitrogens is 1. The van der Waals surface area contributed by atoms with E-state index in [-0.39, 0.29) is 0 Å². The van der Waals surface area contributed by atoms with Gasteiger partial charge in [-0.15, -0.1) is 0 Å². The second kappa shape index (κ2) is 6.47. The summed E-state index contributed by atoms with van der Waals surface area (Å²) in [5.74, 6) is 0. The Morgan fingerprint density at radius 3 is 3.00 bits per heavy atom. The minimum Gasteiger partial charge on any atom is -0.388 e. The van der Waals surface area contributed by atoms with Crippen LogP contribution in [0.2, 0.25) is 0 Å². The largest absolute Gasteiger partial charge is 0.388 e. The number of pyridine rings is 1. The van der Waals surface area contributed by atoms with Crippen molar-refractivity contribution in [3.05, 3.63) is 42.1 Å². The highest BCUT2D eigenvalue weighted by atomic mass is 16.5. The third kappa shape index (κ3) is 3.28. The Morgan fingerprint density at radius 1 is 1.28 bits per heavy atom. The van der Waals surface area contributed by atoms with Crippen molar-refractivity contribution >= 4 is 10.9 Å². The van der Waals surface area contributed by atoms with E-state index < -0.39 is 6.10 Å². The summed E-state index contributed by atoms with van der Waals surface area (Å²) in [6.45, 7) is 3.43. The molecule has 0 aliphatic heterocycles. The molecule has 0 aliphatic carbocycles. The lowest BCUT2D eigenvalue weighted by Gasteiger charge is -2.11. The fourth-order valence-electron chi connectivity index (χ4n) is 1.91. The number of ether oxygens (including phenoxy) is 1. The van der Waals surface area contributed by atoms with E-state index in [9.17, 15) is 5.11 Å². The monoisotopic (exact) mass is 245 g/mol. The zero-order chi connectivity index (χ0) is 12.8. The summed E-state index contributed by atoms with van der Waals surface area (Å²) in [4.78, 5) is 4.26. The average Bonchev–Trinajstić information content (AvgIpc) is 2.43. The summed E-state index contributed by atoms with van der Waals surface area (Å²) in [5.41, 5.74) is 1.88. The molecule has 18 heavy (non-hydrogen) atoms. The number of aliphatic hydroxyl groups is 1. The first-order chi connectivity index (χ1) is 8.81. The van der Waals surface area contributed by atoms with Crippen LogP contribution in [0, 0.1) is 0 Å². The second-order valence-corrected chi connectivity index (χ2v) is 4.37. The number of hydrogen-bond acceptors (Lipinski definition) is 3. The van der Waals surface area contributed by atoms with E-state index in [1.54, 1.807) is 6.20 Å². The Bertz CT molecular complexity index is 499. The van der Waals surface area contributed by atoms with E-state index in [2.05, 4.69) is 11.9 Å². The normalized spacial score (nSPS) is 12.8. The SMILES string of the molecule is CCCOCCC(O)c1ccc2ncccc2c1. The predicted molar refractivity (Wildman–Crippen MR) is 72.4 cm³/mol. The molecule has 0 aliphatic rings. The molecular weight excluding hydrogens is 226 g/mol. The lowest BCUT2D eigenvalue weighted by molar-refractivity contribution is 0.0822. The topological polar surface area (TPSA) is 42.4 Å². The highest BCUT2D eigenvalue weighted by Crippen LogP contribution is 2.21. The molecule has 2 rings (SSSR count). The van der Waals surface area contributed by atoms with Crippen LogP contribution in [0.4, 0.5) is 0 Å². The fourth-order valence-corrected chi connectivity index (χ4v) is 1.91. The van der Waals surface area contributed by atoms with Gasteiger partial charge in [-0.1, -0.05) is 19.1 Å². The molecule has 96 valence electrons. The first kappa shape index (κ1) is 13.0. The van der Waals surface area contributed by atoms with Gasteiger partial charge in [-0.3, -0.25) is 4.98 Å². The molecule has 3 nitrogen and oxygen atoms in total. The van der Waals surface area contributed by atoms with Crippen molar-refractivity contribution < 1.29 is 9.84 Å². The highest BCUT2D eigenvalue weighted by Gasteiger charge is 2.08. The van der Waals surface area contributed by atoms with Gasteiger partial charge in [0.1, 0.15) is 0 Å². The van der Waals surface area contributed by atoms with E-state index >= 15 is 0 Å². The number of hydrogen-bond donors (Lipinski definition) is 1. The van der Waals surface area contributed by atoms with Crippen LogP contribution < -0.4 is 0 Å². The van der Waals surface area contributed by atoms with Crippen molar-refractivity contribution in [3.63, 3.8) is 0 Å².